The summed E-state index contributed by atoms with van der Waals surface area (Å²) in [5.74, 6) is 0.791. The van der Waals surface area contributed by atoms with Crippen molar-refractivity contribution in [1.82, 2.24) is 5.32 Å². The van der Waals surface area contributed by atoms with Crippen LogP contribution < -0.4 is 20.3 Å². The van der Waals surface area contributed by atoms with Crippen LogP contribution in [0.2, 0.25) is 5.02 Å². The summed E-state index contributed by atoms with van der Waals surface area (Å²) < 4.78 is 5.54. The number of halogens is 1. The topological polar surface area (TPSA) is 70.7 Å². The fourth-order valence-electron chi connectivity index (χ4n) is 4.26. The lowest BCUT2D eigenvalue weighted by molar-refractivity contribution is -0.118. The number of hydrogen-bond acceptors (Lipinski definition) is 4. The third-order valence-electron chi connectivity index (χ3n) is 6.37. The number of ether oxygens (including phenoxy) is 1. The molecule has 3 aromatic rings. The maximum atomic E-state index is 13.3. The number of carbonyl (C=O) groups excluding carboxylic acids is 2. The van der Waals surface area contributed by atoms with Crippen LogP contribution in [-0.2, 0) is 11.2 Å². The van der Waals surface area contributed by atoms with Gasteiger partial charge in [-0.2, -0.15) is 0 Å². The summed E-state index contributed by atoms with van der Waals surface area (Å²) in [6, 6.07) is 22.4. The van der Waals surface area contributed by atoms with Crippen molar-refractivity contribution in [3.05, 3.63) is 88.9 Å². The highest BCUT2D eigenvalue weighted by Gasteiger charge is 2.22. The Kier molecular flexibility index (Phi) is 8.85. The molecule has 4 rings (SSSR count). The van der Waals surface area contributed by atoms with Gasteiger partial charge < -0.3 is 20.3 Å². The number of nitrogens with one attached hydrogen (secondary N) is 2. The van der Waals surface area contributed by atoms with Gasteiger partial charge in [0.15, 0.2) is 6.61 Å². The molecule has 2 amide bonds. The molecule has 1 fully saturated rings. The van der Waals surface area contributed by atoms with Crippen molar-refractivity contribution < 1.29 is 14.3 Å². The molecular weight excluding hydrogens is 474 g/mol. The first-order valence-electron chi connectivity index (χ1n) is 12.4. The molecule has 1 aliphatic heterocycles. The van der Waals surface area contributed by atoms with E-state index < -0.39 is 0 Å². The maximum absolute atomic E-state index is 13.3. The minimum absolute atomic E-state index is 0.145. The van der Waals surface area contributed by atoms with Crippen LogP contribution in [-0.4, -0.2) is 38.1 Å². The van der Waals surface area contributed by atoms with Crippen LogP contribution in [0.15, 0.2) is 72.8 Å². The maximum Gasteiger partial charge on any atom is 0.262 e. The monoisotopic (exact) mass is 505 g/mol. The van der Waals surface area contributed by atoms with E-state index in [-0.39, 0.29) is 18.4 Å². The number of nitrogens with zero attached hydrogens (tertiary/aromatic N) is 1. The quantitative estimate of drug-likeness (QED) is 0.399. The molecule has 0 radical (unpaired) electrons. The van der Waals surface area contributed by atoms with Gasteiger partial charge in [0, 0.05) is 36.0 Å². The van der Waals surface area contributed by atoms with Crippen molar-refractivity contribution in [2.75, 3.05) is 36.5 Å². The Morgan fingerprint density at radius 2 is 1.72 bits per heavy atom. The molecule has 2 N–H and O–H groups in total. The van der Waals surface area contributed by atoms with E-state index in [1.165, 1.54) is 5.56 Å². The van der Waals surface area contributed by atoms with Crippen molar-refractivity contribution in [2.24, 2.45) is 5.92 Å². The molecule has 1 heterocycles. The SMILES string of the molecule is CC1CCN(c2ccc(NC(=O)COc3ccc(Cl)cc3)cc2C(=O)NCCc2ccccc2)CC1. The van der Waals surface area contributed by atoms with E-state index in [1.54, 1.807) is 30.3 Å². The molecule has 36 heavy (non-hydrogen) atoms. The zero-order valence-corrected chi connectivity index (χ0v) is 21.3. The molecule has 3 aromatic carbocycles. The van der Waals surface area contributed by atoms with Crippen LogP contribution in [0.5, 0.6) is 5.75 Å². The highest BCUT2D eigenvalue weighted by molar-refractivity contribution is 6.30. The molecule has 7 heteroatoms. The summed E-state index contributed by atoms with van der Waals surface area (Å²) in [6.45, 7) is 4.47. The van der Waals surface area contributed by atoms with Crippen molar-refractivity contribution in [3.63, 3.8) is 0 Å². The van der Waals surface area contributed by atoms with E-state index >= 15 is 0 Å². The summed E-state index contributed by atoms with van der Waals surface area (Å²) in [7, 11) is 0. The van der Waals surface area contributed by atoms with Gasteiger partial charge >= 0.3 is 0 Å². The molecule has 0 aromatic heterocycles. The Hall–Kier alpha value is -3.51. The smallest absolute Gasteiger partial charge is 0.262 e. The van der Waals surface area contributed by atoms with Crippen molar-refractivity contribution in [2.45, 2.75) is 26.2 Å². The van der Waals surface area contributed by atoms with Gasteiger partial charge in [-0.05, 0) is 73.2 Å². The number of piperidine rings is 1. The second-order valence-corrected chi connectivity index (χ2v) is 9.62. The fourth-order valence-corrected chi connectivity index (χ4v) is 4.38. The lowest BCUT2D eigenvalue weighted by Gasteiger charge is -2.33. The van der Waals surface area contributed by atoms with Gasteiger partial charge in [0.05, 0.1) is 5.56 Å². The zero-order valence-electron chi connectivity index (χ0n) is 20.5. The second kappa shape index (κ2) is 12.5. The Balaban J connectivity index is 1.43. The predicted octanol–water partition coefficient (Wildman–Crippen LogP) is 5.57. The van der Waals surface area contributed by atoms with E-state index in [9.17, 15) is 9.59 Å². The van der Waals surface area contributed by atoms with Gasteiger partial charge in [-0.15, -0.1) is 0 Å². The molecule has 1 aliphatic rings. The Bertz CT molecular complexity index is 1160. The van der Waals surface area contributed by atoms with E-state index in [4.69, 9.17) is 16.3 Å². The Morgan fingerprint density at radius 1 is 1.00 bits per heavy atom. The van der Waals surface area contributed by atoms with Gasteiger partial charge in [-0.25, -0.2) is 0 Å². The lowest BCUT2D eigenvalue weighted by atomic mass is 9.97. The van der Waals surface area contributed by atoms with Crippen LogP contribution in [0, 0.1) is 5.92 Å². The van der Waals surface area contributed by atoms with Crippen LogP contribution in [0.1, 0.15) is 35.7 Å². The predicted molar refractivity (Wildman–Crippen MR) is 145 cm³/mol. The van der Waals surface area contributed by atoms with Gasteiger partial charge in [0.2, 0.25) is 0 Å². The highest BCUT2D eigenvalue weighted by Crippen LogP contribution is 2.29. The summed E-state index contributed by atoms with van der Waals surface area (Å²) >= 11 is 5.89. The van der Waals surface area contributed by atoms with E-state index in [2.05, 4.69) is 34.6 Å². The molecule has 6 nitrogen and oxygen atoms in total. The van der Waals surface area contributed by atoms with Crippen LogP contribution in [0.25, 0.3) is 0 Å². The number of amides is 2. The molecule has 1 saturated heterocycles. The van der Waals surface area contributed by atoms with Crippen molar-refractivity contribution >= 4 is 34.8 Å². The summed E-state index contributed by atoms with van der Waals surface area (Å²) in [6.07, 6.45) is 2.94. The van der Waals surface area contributed by atoms with E-state index in [0.717, 1.165) is 38.0 Å². The Morgan fingerprint density at radius 3 is 2.44 bits per heavy atom. The Labute approximate surface area is 217 Å². The third kappa shape index (κ3) is 7.25. The molecule has 0 unspecified atom stereocenters. The minimum Gasteiger partial charge on any atom is -0.484 e. The average Bonchev–Trinajstić information content (AvgIpc) is 2.89. The highest BCUT2D eigenvalue weighted by atomic mass is 35.5. The van der Waals surface area contributed by atoms with E-state index in [1.807, 2.05) is 30.3 Å². The number of anilines is 2. The summed E-state index contributed by atoms with van der Waals surface area (Å²) in [4.78, 5) is 28.0. The largest absolute Gasteiger partial charge is 0.484 e. The first kappa shape index (κ1) is 25.6. The second-order valence-electron chi connectivity index (χ2n) is 9.18. The first-order chi connectivity index (χ1) is 17.5. The van der Waals surface area contributed by atoms with E-state index in [0.29, 0.717) is 34.5 Å². The van der Waals surface area contributed by atoms with Crippen LogP contribution >= 0.6 is 11.6 Å². The van der Waals surface area contributed by atoms with Crippen LogP contribution in [0.3, 0.4) is 0 Å². The fraction of sp³-hybridized carbons (Fsp3) is 0.310. The molecule has 0 bridgehead atoms. The van der Waals surface area contributed by atoms with Gasteiger partial charge in [0.25, 0.3) is 11.8 Å². The minimum atomic E-state index is -0.306. The molecule has 0 saturated carbocycles. The number of benzene rings is 3. The molecule has 188 valence electrons. The summed E-state index contributed by atoms with van der Waals surface area (Å²) in [5, 5.41) is 6.50. The standard InChI is InChI=1S/C29H32ClN3O3/c1-21-14-17-33(18-15-21)27-12-9-24(32-28(34)20-36-25-10-7-23(30)8-11-25)19-26(27)29(35)31-16-13-22-5-3-2-4-6-22/h2-12,19,21H,13-18,20H2,1H3,(H,31,35)(H,32,34). The number of rotatable bonds is 9. The van der Waals surface area contributed by atoms with Crippen LogP contribution in [0.4, 0.5) is 11.4 Å². The zero-order chi connectivity index (χ0) is 25.3. The summed E-state index contributed by atoms with van der Waals surface area (Å²) in [5.41, 5.74) is 3.19. The van der Waals surface area contributed by atoms with Gasteiger partial charge in [-0.1, -0.05) is 48.9 Å². The van der Waals surface area contributed by atoms with Crippen molar-refractivity contribution in [1.29, 1.82) is 0 Å². The third-order valence-corrected chi connectivity index (χ3v) is 6.63. The van der Waals surface area contributed by atoms with Gasteiger partial charge in [-0.3, -0.25) is 9.59 Å². The molecule has 0 aliphatic carbocycles. The number of hydrogen-bond donors (Lipinski definition) is 2. The first-order valence-corrected chi connectivity index (χ1v) is 12.7. The molecule has 0 atom stereocenters. The average molecular weight is 506 g/mol. The molecular formula is C29H32ClN3O3. The molecule has 0 spiro atoms. The van der Waals surface area contributed by atoms with Gasteiger partial charge in [0.1, 0.15) is 5.75 Å². The lowest BCUT2D eigenvalue weighted by Crippen LogP contribution is -2.35. The van der Waals surface area contributed by atoms with Crippen molar-refractivity contribution in [3.8, 4) is 5.75 Å². The normalized spacial score (nSPS) is 13.8. The number of carbonyl (C=O) groups is 2.